The Morgan fingerprint density at radius 1 is 1.37 bits per heavy atom. The van der Waals surface area contributed by atoms with Crippen LogP contribution < -0.4 is 5.32 Å². The van der Waals surface area contributed by atoms with E-state index < -0.39 is 0 Å². The van der Waals surface area contributed by atoms with Gasteiger partial charge in [0.1, 0.15) is 12.4 Å². The van der Waals surface area contributed by atoms with Crippen LogP contribution in [0.2, 0.25) is 10.3 Å². The Morgan fingerprint density at radius 2 is 2.19 bits per heavy atom. The predicted molar refractivity (Wildman–Crippen MR) is 105 cm³/mol. The molecule has 0 spiro atoms. The van der Waals surface area contributed by atoms with Gasteiger partial charge in [-0.15, -0.1) is 0 Å². The van der Waals surface area contributed by atoms with Crippen LogP contribution in [0, 0.1) is 0 Å². The third-order valence-corrected chi connectivity index (χ3v) is 4.94. The molecule has 0 bridgehead atoms. The van der Waals surface area contributed by atoms with Crippen molar-refractivity contribution in [1.82, 2.24) is 19.9 Å². The molecule has 1 fully saturated rings. The van der Waals surface area contributed by atoms with E-state index in [1.807, 2.05) is 35.8 Å². The molecule has 1 saturated carbocycles. The lowest BCUT2D eigenvalue weighted by Gasteiger charge is -2.11. The number of hydrogen-bond donors (Lipinski definition) is 1. The Bertz CT molecular complexity index is 1010. The summed E-state index contributed by atoms with van der Waals surface area (Å²) in [5, 5.41) is 4.34. The van der Waals surface area contributed by atoms with Gasteiger partial charge in [-0.25, -0.2) is 9.97 Å². The van der Waals surface area contributed by atoms with E-state index in [9.17, 15) is 4.79 Å². The number of amides is 1. The Kier molecular flexibility index (Phi) is 5.04. The maximum atomic E-state index is 12.7. The number of aromatic nitrogens is 3. The van der Waals surface area contributed by atoms with Gasteiger partial charge in [0, 0.05) is 23.6 Å². The number of hydrogen-bond acceptors (Lipinski definition) is 4. The smallest absolute Gasteiger partial charge is 0.252 e. The fourth-order valence-corrected chi connectivity index (χ4v) is 3.34. The summed E-state index contributed by atoms with van der Waals surface area (Å²) in [5.74, 6) is -0.0740. The third kappa shape index (κ3) is 3.65. The van der Waals surface area contributed by atoms with Gasteiger partial charge >= 0.3 is 0 Å². The summed E-state index contributed by atoms with van der Waals surface area (Å²) in [7, 11) is 0. The van der Waals surface area contributed by atoms with Crippen molar-refractivity contribution < 1.29 is 9.53 Å². The minimum atomic E-state index is -0.0740. The van der Waals surface area contributed by atoms with Crippen molar-refractivity contribution in [1.29, 1.82) is 0 Å². The van der Waals surface area contributed by atoms with Crippen LogP contribution in [0.25, 0.3) is 22.3 Å². The van der Waals surface area contributed by atoms with E-state index in [-0.39, 0.29) is 17.2 Å². The second kappa shape index (κ2) is 7.46. The van der Waals surface area contributed by atoms with Crippen LogP contribution in [0.5, 0.6) is 0 Å². The molecule has 6 nitrogen and oxygen atoms in total. The minimum absolute atomic E-state index is 0.0740. The predicted octanol–water partition coefficient (Wildman–Crippen LogP) is 4.29. The largest absolute Gasteiger partial charge is 0.361 e. The van der Waals surface area contributed by atoms with Gasteiger partial charge in [-0.1, -0.05) is 17.7 Å². The van der Waals surface area contributed by atoms with E-state index in [2.05, 4.69) is 15.3 Å². The number of nitrogens with one attached hydrogen (secondary N) is 1. The standard InChI is InChI=1S/C19H18Cl2N4O2/c1-2-27-10-25-15-5-3-4-12(18(26)23-11-6-7-11)13(15)8-16(25)17-14(20)9-22-19(21)24-17/h3-5,8-9,11H,2,6-7,10H2,1H3,(H,23,26). The molecule has 1 N–H and O–H groups in total. The molecule has 2 heterocycles. The summed E-state index contributed by atoms with van der Waals surface area (Å²) in [6.07, 6.45) is 3.54. The summed E-state index contributed by atoms with van der Waals surface area (Å²) >= 11 is 12.3. The van der Waals surface area contributed by atoms with E-state index in [1.165, 1.54) is 6.20 Å². The second-order valence-electron chi connectivity index (χ2n) is 6.40. The zero-order chi connectivity index (χ0) is 19.0. The van der Waals surface area contributed by atoms with Gasteiger partial charge in [0.15, 0.2) is 0 Å². The van der Waals surface area contributed by atoms with Crippen LogP contribution in [0.15, 0.2) is 30.5 Å². The first-order valence-electron chi connectivity index (χ1n) is 8.77. The molecule has 1 aliphatic carbocycles. The average Bonchev–Trinajstić information content (AvgIpc) is 3.39. The van der Waals surface area contributed by atoms with Gasteiger partial charge < -0.3 is 14.6 Å². The fourth-order valence-electron chi connectivity index (χ4n) is 3.02. The molecule has 0 unspecified atom stereocenters. The number of fused-ring (bicyclic) bond motifs is 1. The monoisotopic (exact) mass is 404 g/mol. The highest BCUT2D eigenvalue weighted by Crippen LogP contribution is 2.33. The number of rotatable bonds is 6. The molecule has 0 atom stereocenters. The molecule has 2 aromatic heterocycles. The lowest BCUT2D eigenvalue weighted by molar-refractivity contribution is 0.0917. The van der Waals surface area contributed by atoms with Crippen LogP contribution in [0.4, 0.5) is 0 Å². The van der Waals surface area contributed by atoms with E-state index >= 15 is 0 Å². The van der Waals surface area contributed by atoms with E-state index in [1.54, 1.807) is 0 Å². The first-order chi connectivity index (χ1) is 13.1. The van der Waals surface area contributed by atoms with Crippen molar-refractivity contribution in [2.45, 2.75) is 32.5 Å². The quantitative estimate of drug-likeness (QED) is 0.622. The molecule has 0 aliphatic heterocycles. The normalized spacial score (nSPS) is 13.9. The van der Waals surface area contributed by atoms with Crippen LogP contribution in [-0.2, 0) is 11.5 Å². The molecular weight excluding hydrogens is 387 g/mol. The SMILES string of the molecule is CCOCn1c(-c2nc(Cl)ncc2Cl)cc2c(C(=O)NC3CC3)cccc21. The summed E-state index contributed by atoms with van der Waals surface area (Å²) < 4.78 is 7.58. The van der Waals surface area contributed by atoms with Crippen molar-refractivity contribution in [2.24, 2.45) is 0 Å². The Hall–Kier alpha value is -2.15. The van der Waals surface area contributed by atoms with Crippen LogP contribution in [0.1, 0.15) is 30.1 Å². The maximum Gasteiger partial charge on any atom is 0.252 e. The topological polar surface area (TPSA) is 69.0 Å². The number of benzene rings is 1. The Balaban J connectivity index is 1.89. The number of ether oxygens (including phenoxy) is 1. The first kappa shape index (κ1) is 18.2. The molecule has 1 aliphatic rings. The van der Waals surface area contributed by atoms with Gasteiger partial charge in [0.25, 0.3) is 5.91 Å². The highest BCUT2D eigenvalue weighted by Gasteiger charge is 2.25. The highest BCUT2D eigenvalue weighted by atomic mass is 35.5. The summed E-state index contributed by atoms with van der Waals surface area (Å²) in [4.78, 5) is 20.9. The average molecular weight is 405 g/mol. The molecule has 8 heteroatoms. The zero-order valence-corrected chi connectivity index (χ0v) is 16.2. The number of nitrogens with zero attached hydrogens (tertiary/aromatic N) is 3. The van der Waals surface area contributed by atoms with Crippen molar-refractivity contribution >= 4 is 40.0 Å². The maximum absolute atomic E-state index is 12.7. The summed E-state index contributed by atoms with van der Waals surface area (Å²) in [6.45, 7) is 2.79. The Labute approximate surface area is 166 Å². The van der Waals surface area contributed by atoms with E-state index in [4.69, 9.17) is 27.9 Å². The van der Waals surface area contributed by atoms with Crippen LogP contribution in [0.3, 0.4) is 0 Å². The molecule has 140 valence electrons. The van der Waals surface area contributed by atoms with Crippen LogP contribution in [-0.4, -0.2) is 33.1 Å². The van der Waals surface area contributed by atoms with Gasteiger partial charge in [-0.05, 0) is 49.6 Å². The Morgan fingerprint density at radius 3 is 2.93 bits per heavy atom. The molecule has 1 amide bonds. The summed E-state index contributed by atoms with van der Waals surface area (Å²) in [6, 6.07) is 7.82. The van der Waals surface area contributed by atoms with Gasteiger partial charge in [0.05, 0.1) is 22.4 Å². The number of carbonyl (C=O) groups is 1. The van der Waals surface area contributed by atoms with E-state index in [0.29, 0.717) is 29.6 Å². The van der Waals surface area contributed by atoms with Crippen molar-refractivity contribution in [3.63, 3.8) is 0 Å². The summed E-state index contributed by atoms with van der Waals surface area (Å²) in [5.41, 5.74) is 2.71. The van der Waals surface area contributed by atoms with Crippen LogP contribution >= 0.6 is 23.2 Å². The molecular formula is C19H18Cl2N4O2. The molecule has 3 aromatic rings. The molecule has 4 rings (SSSR count). The molecule has 0 radical (unpaired) electrons. The minimum Gasteiger partial charge on any atom is -0.361 e. The molecule has 27 heavy (non-hydrogen) atoms. The third-order valence-electron chi connectivity index (χ3n) is 4.48. The van der Waals surface area contributed by atoms with Crippen molar-refractivity contribution in [3.05, 3.63) is 46.3 Å². The number of carbonyl (C=O) groups excluding carboxylic acids is 1. The zero-order valence-electron chi connectivity index (χ0n) is 14.7. The lowest BCUT2D eigenvalue weighted by Crippen LogP contribution is -2.25. The van der Waals surface area contributed by atoms with Gasteiger partial charge in [-0.2, -0.15) is 0 Å². The second-order valence-corrected chi connectivity index (χ2v) is 7.15. The lowest BCUT2D eigenvalue weighted by atomic mass is 10.1. The first-order valence-corrected chi connectivity index (χ1v) is 9.53. The molecule has 1 aromatic carbocycles. The van der Waals surface area contributed by atoms with E-state index in [0.717, 1.165) is 29.4 Å². The fraction of sp³-hybridized carbons (Fsp3) is 0.316. The van der Waals surface area contributed by atoms with Gasteiger partial charge in [0.2, 0.25) is 5.28 Å². The van der Waals surface area contributed by atoms with Gasteiger partial charge in [-0.3, -0.25) is 4.79 Å². The number of halogens is 2. The van der Waals surface area contributed by atoms with Crippen molar-refractivity contribution in [3.8, 4) is 11.4 Å². The highest BCUT2D eigenvalue weighted by molar-refractivity contribution is 6.33. The molecule has 0 saturated heterocycles. The van der Waals surface area contributed by atoms with Crippen molar-refractivity contribution in [2.75, 3.05) is 6.61 Å².